The van der Waals surface area contributed by atoms with E-state index < -0.39 is 16.0 Å². The fourth-order valence-corrected chi connectivity index (χ4v) is 4.51. The summed E-state index contributed by atoms with van der Waals surface area (Å²) in [6.07, 6.45) is 0.947. The van der Waals surface area contributed by atoms with Crippen LogP contribution in [-0.4, -0.2) is 25.5 Å². The third kappa shape index (κ3) is 5.10. The molecule has 108 valence electrons. The average Bonchev–Trinajstić information content (AvgIpc) is 2.58. The fourth-order valence-electron chi connectivity index (χ4n) is 1.51. The average molecular weight is 326 g/mol. The molecule has 1 heterocycles. The summed E-state index contributed by atoms with van der Waals surface area (Å²) >= 11 is 6.86. The lowest BCUT2D eigenvalue weighted by Crippen LogP contribution is -2.32. The van der Waals surface area contributed by atoms with Crippen LogP contribution >= 0.6 is 22.9 Å². The van der Waals surface area contributed by atoms with E-state index in [-0.39, 0.29) is 16.7 Å². The van der Waals surface area contributed by atoms with Crippen LogP contribution in [-0.2, 0) is 14.8 Å². The Labute approximate surface area is 121 Å². The van der Waals surface area contributed by atoms with Gasteiger partial charge in [0, 0.05) is 12.5 Å². The number of aryl methyl sites for hydroxylation is 1. The zero-order valence-corrected chi connectivity index (χ0v) is 13.0. The van der Waals surface area contributed by atoms with Gasteiger partial charge >= 0.3 is 5.97 Å². The summed E-state index contributed by atoms with van der Waals surface area (Å²) in [4.78, 5) is 10.4. The van der Waals surface area contributed by atoms with E-state index in [1.807, 2.05) is 0 Å². The van der Waals surface area contributed by atoms with Crippen molar-refractivity contribution >= 4 is 38.9 Å². The quantitative estimate of drug-likeness (QED) is 0.807. The maximum absolute atomic E-state index is 12.0. The molecule has 0 aliphatic rings. The standard InChI is InChI=1S/C11H16ClNO4S2/c1-7-6-10(18-11(7)12)19(16,17)13-8(2)4-3-5-9(14)15/h6,8,13H,3-5H2,1-2H3,(H,14,15). The Kier molecular flexibility index (Phi) is 5.79. The number of nitrogens with one attached hydrogen (secondary N) is 1. The maximum Gasteiger partial charge on any atom is 0.303 e. The lowest BCUT2D eigenvalue weighted by molar-refractivity contribution is -0.137. The molecule has 1 unspecified atom stereocenters. The molecule has 0 fully saturated rings. The second kappa shape index (κ2) is 6.69. The van der Waals surface area contributed by atoms with Gasteiger partial charge in [0.15, 0.2) is 0 Å². The van der Waals surface area contributed by atoms with Gasteiger partial charge in [0.2, 0.25) is 10.0 Å². The predicted molar refractivity (Wildman–Crippen MR) is 75.3 cm³/mol. The first-order chi connectivity index (χ1) is 8.72. The molecular formula is C11H16ClNO4S2. The van der Waals surface area contributed by atoms with Gasteiger partial charge in [0.05, 0.1) is 4.34 Å². The van der Waals surface area contributed by atoms with E-state index in [2.05, 4.69) is 4.72 Å². The number of sulfonamides is 1. The minimum Gasteiger partial charge on any atom is -0.481 e. The number of hydrogen-bond donors (Lipinski definition) is 2. The molecule has 0 aromatic carbocycles. The highest BCUT2D eigenvalue weighted by atomic mass is 35.5. The van der Waals surface area contributed by atoms with Gasteiger partial charge in [-0.25, -0.2) is 13.1 Å². The first-order valence-electron chi connectivity index (χ1n) is 5.72. The van der Waals surface area contributed by atoms with Crippen LogP contribution in [0.1, 0.15) is 31.7 Å². The second-order valence-corrected chi connectivity index (χ2v) is 7.93. The number of thiophene rings is 1. The molecule has 0 aliphatic carbocycles. The van der Waals surface area contributed by atoms with Gasteiger partial charge in [-0.05, 0) is 38.3 Å². The summed E-state index contributed by atoms with van der Waals surface area (Å²) in [5.74, 6) is -0.879. The Bertz CT molecular complexity index is 534. The molecular weight excluding hydrogens is 310 g/mol. The Balaban J connectivity index is 2.61. The van der Waals surface area contributed by atoms with Gasteiger partial charge in [-0.1, -0.05) is 11.6 Å². The fraction of sp³-hybridized carbons (Fsp3) is 0.545. The smallest absolute Gasteiger partial charge is 0.303 e. The highest BCUT2D eigenvalue weighted by Gasteiger charge is 2.20. The number of hydrogen-bond acceptors (Lipinski definition) is 4. The lowest BCUT2D eigenvalue weighted by Gasteiger charge is -2.12. The summed E-state index contributed by atoms with van der Waals surface area (Å²) in [7, 11) is -3.58. The van der Waals surface area contributed by atoms with Crippen LogP contribution in [0.5, 0.6) is 0 Å². The monoisotopic (exact) mass is 325 g/mol. The van der Waals surface area contributed by atoms with Gasteiger partial charge in [-0.2, -0.15) is 0 Å². The van der Waals surface area contributed by atoms with Gasteiger partial charge in [-0.15, -0.1) is 11.3 Å². The lowest BCUT2D eigenvalue weighted by atomic mass is 10.1. The number of carboxylic acid groups (broad SMARTS) is 1. The molecule has 0 bridgehead atoms. The van der Waals surface area contributed by atoms with Crippen LogP contribution in [0, 0.1) is 6.92 Å². The van der Waals surface area contributed by atoms with E-state index in [0.29, 0.717) is 17.2 Å². The van der Waals surface area contributed by atoms with E-state index >= 15 is 0 Å². The zero-order chi connectivity index (χ0) is 14.6. The molecule has 0 spiro atoms. The van der Waals surface area contributed by atoms with Gasteiger partial charge < -0.3 is 5.11 Å². The van der Waals surface area contributed by atoms with E-state index in [9.17, 15) is 13.2 Å². The maximum atomic E-state index is 12.0. The largest absolute Gasteiger partial charge is 0.481 e. The SMILES string of the molecule is Cc1cc(S(=O)(=O)NC(C)CCCC(=O)O)sc1Cl. The van der Waals surface area contributed by atoms with E-state index in [1.54, 1.807) is 13.8 Å². The Hall–Kier alpha value is -0.630. The molecule has 0 amide bonds. The molecule has 19 heavy (non-hydrogen) atoms. The van der Waals surface area contributed by atoms with E-state index in [4.69, 9.17) is 16.7 Å². The molecule has 2 N–H and O–H groups in total. The minimum absolute atomic E-state index is 0.0377. The molecule has 1 aromatic rings. The molecule has 5 nitrogen and oxygen atoms in total. The van der Waals surface area contributed by atoms with E-state index in [1.165, 1.54) is 6.07 Å². The molecule has 1 aromatic heterocycles. The Morgan fingerprint density at radius 2 is 2.21 bits per heavy atom. The highest BCUT2D eigenvalue weighted by Crippen LogP contribution is 2.30. The Morgan fingerprint density at radius 1 is 1.58 bits per heavy atom. The first-order valence-corrected chi connectivity index (χ1v) is 8.40. The third-order valence-corrected chi connectivity index (χ3v) is 6.10. The molecule has 0 aliphatic heterocycles. The van der Waals surface area contributed by atoms with Crippen molar-refractivity contribution in [2.45, 2.75) is 43.4 Å². The van der Waals surface area contributed by atoms with Crippen LogP contribution in [0.2, 0.25) is 4.34 Å². The summed E-state index contributed by atoms with van der Waals surface area (Å²) < 4.78 is 27.2. The Morgan fingerprint density at radius 3 is 2.68 bits per heavy atom. The highest BCUT2D eigenvalue weighted by molar-refractivity contribution is 7.91. The van der Waals surface area contributed by atoms with Crippen LogP contribution in [0.25, 0.3) is 0 Å². The minimum atomic E-state index is -3.58. The van der Waals surface area contributed by atoms with Gasteiger partial charge in [-0.3, -0.25) is 4.79 Å². The first kappa shape index (κ1) is 16.4. The summed E-state index contributed by atoms with van der Waals surface area (Å²) in [5.41, 5.74) is 0.727. The van der Waals surface area contributed by atoms with Crippen molar-refractivity contribution in [2.75, 3.05) is 0 Å². The molecule has 8 heteroatoms. The van der Waals surface area contributed by atoms with E-state index in [0.717, 1.165) is 16.9 Å². The molecule has 0 saturated heterocycles. The third-order valence-electron chi connectivity index (χ3n) is 2.48. The molecule has 0 radical (unpaired) electrons. The zero-order valence-electron chi connectivity index (χ0n) is 10.6. The van der Waals surface area contributed by atoms with Crippen molar-refractivity contribution in [1.29, 1.82) is 0 Å². The number of aliphatic carboxylic acids is 1. The number of halogens is 1. The number of carboxylic acids is 1. The van der Waals surface area contributed by atoms with Gasteiger partial charge in [0.1, 0.15) is 4.21 Å². The molecule has 1 rings (SSSR count). The van der Waals surface area contributed by atoms with Crippen LogP contribution in [0.4, 0.5) is 0 Å². The molecule has 0 saturated carbocycles. The van der Waals surface area contributed by atoms with Crippen LogP contribution < -0.4 is 4.72 Å². The summed E-state index contributed by atoms with van der Waals surface area (Å²) in [5, 5.41) is 8.52. The summed E-state index contributed by atoms with van der Waals surface area (Å²) in [6.45, 7) is 3.45. The van der Waals surface area contributed by atoms with Crippen molar-refractivity contribution in [3.8, 4) is 0 Å². The normalized spacial score (nSPS) is 13.4. The topological polar surface area (TPSA) is 83.5 Å². The molecule has 1 atom stereocenters. The summed E-state index contributed by atoms with van der Waals surface area (Å²) in [6, 6.07) is 1.21. The van der Waals surface area contributed by atoms with Crippen molar-refractivity contribution in [3.63, 3.8) is 0 Å². The number of rotatable bonds is 7. The van der Waals surface area contributed by atoms with Crippen molar-refractivity contribution < 1.29 is 18.3 Å². The predicted octanol–water partition coefficient (Wildman–Crippen LogP) is 2.63. The van der Waals surface area contributed by atoms with Gasteiger partial charge in [0.25, 0.3) is 0 Å². The second-order valence-electron chi connectivity index (χ2n) is 4.33. The number of carbonyl (C=O) groups is 1. The van der Waals surface area contributed by atoms with Crippen molar-refractivity contribution in [1.82, 2.24) is 4.72 Å². The van der Waals surface area contributed by atoms with Crippen molar-refractivity contribution in [2.24, 2.45) is 0 Å². The van der Waals surface area contributed by atoms with Crippen LogP contribution in [0.3, 0.4) is 0 Å². The van der Waals surface area contributed by atoms with Crippen LogP contribution in [0.15, 0.2) is 10.3 Å². The van der Waals surface area contributed by atoms with Crippen molar-refractivity contribution in [3.05, 3.63) is 16.0 Å².